The van der Waals surface area contributed by atoms with Gasteiger partial charge in [0.05, 0.1) is 23.5 Å². The molecule has 0 amide bonds. The predicted molar refractivity (Wildman–Crippen MR) is 86.6 cm³/mol. The Bertz CT molecular complexity index is 669. The van der Waals surface area contributed by atoms with E-state index in [2.05, 4.69) is 0 Å². The molecule has 8 heteroatoms. The van der Waals surface area contributed by atoms with Gasteiger partial charge in [-0.25, -0.2) is 13.2 Å². The largest absolute Gasteiger partial charge is 0.513 e. The molecule has 1 aromatic carbocycles. The van der Waals surface area contributed by atoms with Crippen molar-refractivity contribution in [1.29, 1.82) is 0 Å². The Morgan fingerprint density at radius 1 is 1.00 bits per heavy atom. The summed E-state index contributed by atoms with van der Waals surface area (Å²) in [4.78, 5) is 23.1. The molecule has 0 aliphatic heterocycles. The molecule has 0 aliphatic rings. The van der Waals surface area contributed by atoms with E-state index < -0.39 is 21.4 Å². The summed E-state index contributed by atoms with van der Waals surface area (Å²) in [6, 6.07) is 5.40. The van der Waals surface area contributed by atoms with Crippen molar-refractivity contribution in [3.63, 3.8) is 0 Å². The summed E-state index contributed by atoms with van der Waals surface area (Å²) in [6.45, 7) is 5.43. The maximum absolute atomic E-state index is 11.5. The van der Waals surface area contributed by atoms with Crippen LogP contribution in [-0.2, 0) is 24.1 Å². The highest BCUT2D eigenvalue weighted by atomic mass is 32.2. The Kier molecular flexibility index (Phi) is 6.77. The molecule has 24 heavy (non-hydrogen) atoms. The summed E-state index contributed by atoms with van der Waals surface area (Å²) in [5.41, 5.74) is -0.572. The van der Waals surface area contributed by atoms with E-state index in [9.17, 15) is 18.0 Å². The fourth-order valence-corrected chi connectivity index (χ4v) is 2.11. The summed E-state index contributed by atoms with van der Waals surface area (Å²) in [5.74, 6) is -0.150. The summed E-state index contributed by atoms with van der Waals surface area (Å²) in [5, 5.41) is 0. The molecule has 0 atom stereocenters. The van der Waals surface area contributed by atoms with Crippen LogP contribution in [0.25, 0.3) is 0 Å². The first kappa shape index (κ1) is 20.0. The summed E-state index contributed by atoms with van der Waals surface area (Å²) < 4.78 is 37.4. The molecule has 0 spiro atoms. The van der Waals surface area contributed by atoms with Gasteiger partial charge in [0.2, 0.25) is 0 Å². The second kappa shape index (κ2) is 8.14. The molecule has 7 nitrogen and oxygen atoms in total. The molecule has 0 aromatic heterocycles. The maximum atomic E-state index is 11.5. The first-order valence-corrected chi connectivity index (χ1v) is 9.21. The number of carbonyl (C=O) groups is 2. The van der Waals surface area contributed by atoms with Gasteiger partial charge in [0.1, 0.15) is 5.75 Å². The Hall–Kier alpha value is -2.09. The molecule has 0 bridgehead atoms. The molecule has 0 radical (unpaired) electrons. The third-order valence-electron chi connectivity index (χ3n) is 2.81. The van der Waals surface area contributed by atoms with Gasteiger partial charge in [0.15, 0.2) is 9.84 Å². The molecule has 0 aliphatic carbocycles. The van der Waals surface area contributed by atoms with Crippen molar-refractivity contribution >= 4 is 22.0 Å². The molecule has 0 heterocycles. The monoisotopic (exact) mass is 358 g/mol. The minimum absolute atomic E-state index is 0.0394. The van der Waals surface area contributed by atoms with Gasteiger partial charge in [-0.2, -0.15) is 0 Å². The normalized spacial score (nSPS) is 11.7. The highest BCUT2D eigenvalue weighted by molar-refractivity contribution is 7.90. The lowest BCUT2D eigenvalue weighted by molar-refractivity contribution is -0.153. The number of ether oxygens (including phenoxy) is 3. The number of hydrogen-bond donors (Lipinski definition) is 0. The number of benzene rings is 1. The number of rotatable bonds is 6. The van der Waals surface area contributed by atoms with Gasteiger partial charge in [0, 0.05) is 12.7 Å². The molecule has 0 fully saturated rings. The van der Waals surface area contributed by atoms with Gasteiger partial charge in [-0.15, -0.1) is 0 Å². The van der Waals surface area contributed by atoms with Gasteiger partial charge in [-0.05, 0) is 45.0 Å². The molecule has 1 aromatic rings. The lowest BCUT2D eigenvalue weighted by atomic mass is 9.97. The molecule has 1 rings (SSSR count). The summed E-state index contributed by atoms with van der Waals surface area (Å²) in [7, 11) is -3.30. The van der Waals surface area contributed by atoms with Crippen molar-refractivity contribution in [3.8, 4) is 5.75 Å². The van der Waals surface area contributed by atoms with E-state index in [1.165, 1.54) is 24.3 Å². The van der Waals surface area contributed by atoms with Crippen LogP contribution in [-0.4, -0.2) is 40.0 Å². The lowest BCUT2D eigenvalue weighted by Gasteiger charge is -2.16. The van der Waals surface area contributed by atoms with Crippen LogP contribution in [0.4, 0.5) is 4.79 Å². The molecular formula is C16H22O7S. The van der Waals surface area contributed by atoms with E-state index in [1.807, 2.05) is 0 Å². The Labute approximate surface area is 141 Å². The van der Waals surface area contributed by atoms with E-state index in [0.717, 1.165) is 6.26 Å². The zero-order valence-corrected chi connectivity index (χ0v) is 15.0. The SMILES string of the molecule is CC(C)(C)C(=O)OCCCOC(=O)Oc1ccc(S(C)(=O)=O)cc1. The smallest absolute Gasteiger partial charge is 0.465 e. The van der Waals surface area contributed by atoms with Crippen LogP contribution in [0.2, 0.25) is 0 Å². The number of sulfone groups is 1. The number of esters is 1. The Morgan fingerprint density at radius 3 is 2.04 bits per heavy atom. The molecule has 0 unspecified atom stereocenters. The standard InChI is InChI=1S/C16H22O7S/c1-16(2,3)14(17)21-10-5-11-22-15(18)23-12-6-8-13(9-7-12)24(4,19)20/h6-9H,5,10-11H2,1-4H3. The molecule has 0 saturated carbocycles. The first-order chi connectivity index (χ1) is 11.0. The predicted octanol–water partition coefficient (Wildman–Crippen LogP) is 2.58. The minimum Gasteiger partial charge on any atom is -0.465 e. The number of hydrogen-bond acceptors (Lipinski definition) is 7. The van der Waals surface area contributed by atoms with Crippen LogP contribution in [0.5, 0.6) is 5.75 Å². The van der Waals surface area contributed by atoms with Crippen molar-refractivity contribution in [2.75, 3.05) is 19.5 Å². The van der Waals surface area contributed by atoms with Crippen molar-refractivity contribution in [2.24, 2.45) is 5.41 Å². The van der Waals surface area contributed by atoms with Gasteiger partial charge in [-0.1, -0.05) is 0 Å². The van der Waals surface area contributed by atoms with Crippen LogP contribution in [0, 0.1) is 5.41 Å². The Morgan fingerprint density at radius 2 is 1.54 bits per heavy atom. The van der Waals surface area contributed by atoms with Crippen LogP contribution in [0.15, 0.2) is 29.2 Å². The van der Waals surface area contributed by atoms with E-state index in [1.54, 1.807) is 20.8 Å². The van der Waals surface area contributed by atoms with Crippen LogP contribution < -0.4 is 4.74 Å². The minimum atomic E-state index is -3.30. The second-order valence-corrected chi connectivity index (χ2v) is 8.20. The quantitative estimate of drug-likeness (QED) is 0.438. The average Bonchev–Trinajstić information content (AvgIpc) is 2.45. The van der Waals surface area contributed by atoms with E-state index in [-0.39, 0.29) is 29.8 Å². The maximum Gasteiger partial charge on any atom is 0.513 e. The fourth-order valence-electron chi connectivity index (χ4n) is 1.48. The zero-order chi connectivity index (χ0) is 18.4. The van der Waals surface area contributed by atoms with Gasteiger partial charge < -0.3 is 14.2 Å². The number of carbonyl (C=O) groups excluding carboxylic acids is 2. The first-order valence-electron chi connectivity index (χ1n) is 7.32. The van der Waals surface area contributed by atoms with Gasteiger partial charge in [0.25, 0.3) is 0 Å². The molecule has 0 saturated heterocycles. The Balaban J connectivity index is 2.31. The molecular weight excluding hydrogens is 336 g/mol. The van der Waals surface area contributed by atoms with Crippen molar-refractivity contribution < 1.29 is 32.2 Å². The van der Waals surface area contributed by atoms with Crippen LogP contribution in [0.3, 0.4) is 0 Å². The lowest BCUT2D eigenvalue weighted by Crippen LogP contribution is -2.23. The van der Waals surface area contributed by atoms with E-state index >= 15 is 0 Å². The summed E-state index contributed by atoms with van der Waals surface area (Å²) in [6.07, 6.45) is 0.525. The third kappa shape index (κ3) is 6.99. The van der Waals surface area contributed by atoms with Crippen LogP contribution in [0.1, 0.15) is 27.2 Å². The molecule has 0 N–H and O–H groups in total. The van der Waals surface area contributed by atoms with Crippen LogP contribution >= 0.6 is 0 Å². The second-order valence-electron chi connectivity index (χ2n) is 6.18. The molecule has 134 valence electrons. The van der Waals surface area contributed by atoms with Crippen molar-refractivity contribution in [3.05, 3.63) is 24.3 Å². The van der Waals surface area contributed by atoms with Gasteiger partial charge in [-0.3, -0.25) is 4.79 Å². The topological polar surface area (TPSA) is 96.0 Å². The zero-order valence-electron chi connectivity index (χ0n) is 14.2. The van der Waals surface area contributed by atoms with E-state index in [0.29, 0.717) is 6.42 Å². The fraction of sp³-hybridized carbons (Fsp3) is 0.500. The average molecular weight is 358 g/mol. The van der Waals surface area contributed by atoms with Gasteiger partial charge >= 0.3 is 12.1 Å². The highest BCUT2D eigenvalue weighted by Gasteiger charge is 2.22. The third-order valence-corrected chi connectivity index (χ3v) is 3.94. The van der Waals surface area contributed by atoms with Crippen molar-refractivity contribution in [1.82, 2.24) is 0 Å². The summed E-state index contributed by atoms with van der Waals surface area (Å²) >= 11 is 0. The van der Waals surface area contributed by atoms with E-state index in [4.69, 9.17) is 14.2 Å². The van der Waals surface area contributed by atoms with Crippen molar-refractivity contribution in [2.45, 2.75) is 32.1 Å². The highest BCUT2D eigenvalue weighted by Crippen LogP contribution is 2.17.